The maximum Gasteiger partial charge on any atom is 0.272 e. The number of carbonyl (C=O) groups excluding carboxylic acids is 3. The van der Waals surface area contributed by atoms with Crippen molar-refractivity contribution >= 4 is 46.4 Å². The lowest BCUT2D eigenvalue weighted by Gasteiger charge is -2.16. The molecule has 33 heavy (non-hydrogen) atoms. The SMILES string of the molecule is CC(=O)Nc1ccc(N2C(=O)C(SCc3ccccc3)=C(c3ccc(C)cc3C)C2=O)cc1. The summed E-state index contributed by atoms with van der Waals surface area (Å²) in [4.78, 5) is 40.1. The molecule has 1 heterocycles. The summed E-state index contributed by atoms with van der Waals surface area (Å²) in [5, 5.41) is 2.70. The number of hydrogen-bond acceptors (Lipinski definition) is 4. The minimum Gasteiger partial charge on any atom is -0.326 e. The van der Waals surface area contributed by atoms with Crippen LogP contribution in [0.1, 0.15) is 29.2 Å². The molecule has 0 fully saturated rings. The molecule has 1 aliphatic rings. The van der Waals surface area contributed by atoms with Gasteiger partial charge in [-0.2, -0.15) is 0 Å². The minimum absolute atomic E-state index is 0.186. The summed E-state index contributed by atoms with van der Waals surface area (Å²) in [5.41, 5.74) is 5.40. The molecule has 0 aromatic heterocycles. The average molecular weight is 457 g/mol. The van der Waals surface area contributed by atoms with Crippen LogP contribution in [-0.2, 0) is 20.1 Å². The van der Waals surface area contributed by atoms with E-state index in [4.69, 9.17) is 0 Å². The van der Waals surface area contributed by atoms with Gasteiger partial charge in [0.05, 0.1) is 16.2 Å². The Hall–Kier alpha value is -3.64. The zero-order valence-electron chi connectivity index (χ0n) is 18.7. The predicted octanol–water partition coefficient (Wildman–Crippen LogP) is 5.48. The average Bonchev–Trinajstić information content (AvgIpc) is 3.03. The van der Waals surface area contributed by atoms with Crippen molar-refractivity contribution in [3.63, 3.8) is 0 Å². The van der Waals surface area contributed by atoms with E-state index in [1.54, 1.807) is 24.3 Å². The summed E-state index contributed by atoms with van der Waals surface area (Å²) in [6, 6.07) is 22.5. The molecule has 0 atom stereocenters. The Bertz CT molecular complexity index is 1260. The highest BCUT2D eigenvalue weighted by Crippen LogP contribution is 2.40. The Labute approximate surface area is 197 Å². The fourth-order valence-electron chi connectivity index (χ4n) is 3.84. The highest BCUT2D eigenvalue weighted by Gasteiger charge is 2.40. The lowest BCUT2D eigenvalue weighted by molar-refractivity contribution is -0.120. The molecule has 0 spiro atoms. The molecule has 0 aliphatic carbocycles. The van der Waals surface area contributed by atoms with E-state index in [1.807, 2.05) is 62.4 Å². The molecule has 0 saturated carbocycles. The summed E-state index contributed by atoms with van der Waals surface area (Å²) < 4.78 is 0. The van der Waals surface area contributed by atoms with Crippen molar-refractivity contribution in [2.45, 2.75) is 26.5 Å². The second-order valence-corrected chi connectivity index (χ2v) is 8.96. The van der Waals surface area contributed by atoms with E-state index in [9.17, 15) is 14.4 Å². The number of amides is 3. The summed E-state index contributed by atoms with van der Waals surface area (Å²) in [5.74, 6) is -0.272. The Kier molecular flexibility index (Phi) is 6.47. The van der Waals surface area contributed by atoms with Crippen LogP contribution in [0.4, 0.5) is 11.4 Å². The van der Waals surface area contributed by atoms with Gasteiger partial charge in [0, 0.05) is 18.4 Å². The van der Waals surface area contributed by atoms with E-state index in [0.717, 1.165) is 22.3 Å². The first kappa shape index (κ1) is 22.6. The fraction of sp³-hybridized carbons (Fsp3) is 0.148. The van der Waals surface area contributed by atoms with E-state index < -0.39 is 0 Å². The van der Waals surface area contributed by atoms with Crippen LogP contribution >= 0.6 is 11.8 Å². The third-order valence-corrected chi connectivity index (χ3v) is 6.51. The van der Waals surface area contributed by atoms with E-state index in [2.05, 4.69) is 5.32 Å². The Morgan fingerprint density at radius 1 is 0.909 bits per heavy atom. The van der Waals surface area contributed by atoms with E-state index in [1.165, 1.54) is 23.6 Å². The van der Waals surface area contributed by atoms with Gasteiger partial charge in [-0.3, -0.25) is 14.4 Å². The van der Waals surface area contributed by atoms with E-state index in [-0.39, 0.29) is 17.7 Å². The number of anilines is 2. The maximum atomic E-state index is 13.6. The Balaban J connectivity index is 1.72. The standard InChI is InChI=1S/C27H24N2O3S/c1-17-9-14-23(18(2)15-17)24-25(33-16-20-7-5-4-6-8-20)27(32)29(26(24)31)22-12-10-21(11-13-22)28-19(3)30/h4-15H,16H2,1-3H3,(H,28,30). The number of nitrogens with zero attached hydrogens (tertiary/aromatic N) is 1. The third-order valence-electron chi connectivity index (χ3n) is 5.36. The van der Waals surface area contributed by atoms with Crippen LogP contribution in [0.3, 0.4) is 0 Å². The molecule has 4 rings (SSSR count). The second kappa shape index (κ2) is 9.46. The van der Waals surface area contributed by atoms with Gasteiger partial charge in [-0.1, -0.05) is 54.1 Å². The van der Waals surface area contributed by atoms with Crippen LogP contribution < -0.4 is 10.2 Å². The van der Waals surface area contributed by atoms with Crippen molar-refractivity contribution in [3.8, 4) is 0 Å². The summed E-state index contributed by atoms with van der Waals surface area (Å²) in [6.07, 6.45) is 0. The predicted molar refractivity (Wildman–Crippen MR) is 134 cm³/mol. The van der Waals surface area contributed by atoms with Gasteiger partial charge < -0.3 is 5.32 Å². The van der Waals surface area contributed by atoms with E-state index >= 15 is 0 Å². The molecule has 1 aliphatic heterocycles. The lowest BCUT2D eigenvalue weighted by atomic mass is 9.99. The molecule has 1 N–H and O–H groups in total. The number of aryl methyl sites for hydroxylation is 2. The fourth-order valence-corrected chi connectivity index (χ4v) is 4.90. The molecular weight excluding hydrogens is 432 g/mol. The number of nitrogens with one attached hydrogen (secondary N) is 1. The molecule has 0 radical (unpaired) electrons. The molecule has 3 aromatic rings. The maximum absolute atomic E-state index is 13.6. The van der Waals surface area contributed by atoms with E-state index in [0.29, 0.717) is 27.6 Å². The van der Waals surface area contributed by atoms with Gasteiger partial charge in [-0.05, 0) is 54.8 Å². The topological polar surface area (TPSA) is 66.5 Å². The summed E-state index contributed by atoms with van der Waals surface area (Å²) >= 11 is 1.39. The second-order valence-electron chi connectivity index (χ2n) is 7.97. The molecule has 0 bridgehead atoms. The first-order valence-electron chi connectivity index (χ1n) is 10.6. The molecular formula is C27H24N2O3S. The number of benzene rings is 3. The highest BCUT2D eigenvalue weighted by molar-refractivity contribution is 8.03. The molecule has 0 saturated heterocycles. The molecule has 3 aromatic carbocycles. The quantitative estimate of drug-likeness (QED) is 0.499. The smallest absolute Gasteiger partial charge is 0.272 e. The van der Waals surface area contributed by atoms with Crippen molar-refractivity contribution in [3.05, 3.63) is 100.0 Å². The van der Waals surface area contributed by atoms with Crippen LogP contribution in [0.25, 0.3) is 5.57 Å². The van der Waals surface area contributed by atoms with Crippen molar-refractivity contribution in [2.24, 2.45) is 0 Å². The van der Waals surface area contributed by atoms with Gasteiger partial charge in [0.15, 0.2) is 0 Å². The number of rotatable bonds is 6. The van der Waals surface area contributed by atoms with Crippen LogP contribution in [0.5, 0.6) is 0 Å². The normalized spacial score (nSPS) is 13.6. The van der Waals surface area contributed by atoms with Gasteiger partial charge >= 0.3 is 0 Å². The zero-order valence-corrected chi connectivity index (χ0v) is 19.5. The molecule has 6 heteroatoms. The molecule has 0 unspecified atom stereocenters. The number of thioether (sulfide) groups is 1. The van der Waals surface area contributed by atoms with Gasteiger partial charge in [0.1, 0.15) is 0 Å². The molecule has 166 valence electrons. The number of carbonyl (C=O) groups is 3. The van der Waals surface area contributed by atoms with Crippen LogP contribution in [0.2, 0.25) is 0 Å². The van der Waals surface area contributed by atoms with Gasteiger partial charge in [0.2, 0.25) is 5.91 Å². The minimum atomic E-state index is -0.338. The summed E-state index contributed by atoms with van der Waals surface area (Å²) in [7, 11) is 0. The highest BCUT2D eigenvalue weighted by atomic mass is 32.2. The Morgan fingerprint density at radius 2 is 1.61 bits per heavy atom. The van der Waals surface area contributed by atoms with Gasteiger partial charge in [-0.15, -0.1) is 11.8 Å². The monoisotopic (exact) mass is 456 g/mol. The first-order chi connectivity index (χ1) is 15.8. The molecule has 5 nitrogen and oxygen atoms in total. The van der Waals surface area contributed by atoms with Crippen molar-refractivity contribution in [1.29, 1.82) is 0 Å². The van der Waals surface area contributed by atoms with Crippen LogP contribution in [-0.4, -0.2) is 17.7 Å². The van der Waals surface area contributed by atoms with Crippen LogP contribution in [0, 0.1) is 13.8 Å². The van der Waals surface area contributed by atoms with Gasteiger partial charge in [0.25, 0.3) is 11.8 Å². The Morgan fingerprint density at radius 3 is 2.24 bits per heavy atom. The van der Waals surface area contributed by atoms with Crippen molar-refractivity contribution in [2.75, 3.05) is 10.2 Å². The number of imide groups is 1. The summed E-state index contributed by atoms with van der Waals surface area (Å²) in [6.45, 7) is 5.38. The third kappa shape index (κ3) is 4.76. The molecule has 3 amide bonds. The number of hydrogen-bond donors (Lipinski definition) is 1. The zero-order chi connectivity index (χ0) is 23.5. The van der Waals surface area contributed by atoms with Crippen molar-refractivity contribution < 1.29 is 14.4 Å². The van der Waals surface area contributed by atoms with Crippen molar-refractivity contribution in [1.82, 2.24) is 0 Å². The largest absolute Gasteiger partial charge is 0.326 e. The first-order valence-corrected chi connectivity index (χ1v) is 11.6. The lowest BCUT2D eigenvalue weighted by Crippen LogP contribution is -2.31. The van der Waals surface area contributed by atoms with Gasteiger partial charge in [-0.25, -0.2) is 4.90 Å². The van der Waals surface area contributed by atoms with Crippen LogP contribution in [0.15, 0.2) is 77.7 Å².